The molecule has 0 aromatic carbocycles. The fourth-order valence-electron chi connectivity index (χ4n) is 3.91. The van der Waals surface area contributed by atoms with Crippen LogP contribution in [0.1, 0.15) is 32.1 Å². The van der Waals surface area contributed by atoms with E-state index in [-0.39, 0.29) is 23.5 Å². The first-order valence-electron chi connectivity index (χ1n) is 8.01. The van der Waals surface area contributed by atoms with Gasteiger partial charge in [-0.15, -0.1) is 0 Å². The minimum absolute atomic E-state index is 0.0259. The highest BCUT2D eigenvalue weighted by Crippen LogP contribution is 2.24. The standard InChI is InChI=1S/C14H25N3O3S/c18-14(16-11-5-8-21(19,20)10-11)9-17-7-2-4-13(17)12-3-1-6-15-12/h11-13,15H,1-10H2,(H,16,18). The zero-order valence-corrected chi connectivity index (χ0v) is 13.2. The van der Waals surface area contributed by atoms with Crippen LogP contribution in [0.2, 0.25) is 0 Å². The van der Waals surface area contributed by atoms with Crippen LogP contribution in [0.25, 0.3) is 0 Å². The Balaban J connectivity index is 1.50. The molecule has 3 aliphatic heterocycles. The Morgan fingerprint density at radius 3 is 2.76 bits per heavy atom. The zero-order valence-electron chi connectivity index (χ0n) is 12.4. The highest BCUT2D eigenvalue weighted by molar-refractivity contribution is 7.91. The van der Waals surface area contributed by atoms with E-state index in [9.17, 15) is 13.2 Å². The van der Waals surface area contributed by atoms with Gasteiger partial charge in [0.2, 0.25) is 5.91 Å². The van der Waals surface area contributed by atoms with E-state index in [0.717, 1.165) is 25.9 Å². The minimum atomic E-state index is -2.93. The van der Waals surface area contributed by atoms with Crippen LogP contribution in [-0.2, 0) is 14.6 Å². The van der Waals surface area contributed by atoms with Gasteiger partial charge in [0.05, 0.1) is 18.1 Å². The highest BCUT2D eigenvalue weighted by atomic mass is 32.2. The van der Waals surface area contributed by atoms with Gasteiger partial charge in [0, 0.05) is 18.1 Å². The van der Waals surface area contributed by atoms with E-state index in [1.165, 1.54) is 12.8 Å². The monoisotopic (exact) mass is 315 g/mol. The molecule has 3 fully saturated rings. The van der Waals surface area contributed by atoms with Crippen molar-refractivity contribution >= 4 is 15.7 Å². The summed E-state index contributed by atoms with van der Waals surface area (Å²) in [6, 6.07) is 0.797. The predicted molar refractivity (Wildman–Crippen MR) is 80.8 cm³/mol. The largest absolute Gasteiger partial charge is 0.351 e. The quantitative estimate of drug-likeness (QED) is 0.732. The lowest BCUT2D eigenvalue weighted by Gasteiger charge is -2.29. The molecule has 21 heavy (non-hydrogen) atoms. The van der Waals surface area contributed by atoms with Gasteiger partial charge in [-0.3, -0.25) is 9.69 Å². The lowest BCUT2D eigenvalue weighted by molar-refractivity contribution is -0.123. The van der Waals surface area contributed by atoms with Gasteiger partial charge >= 0.3 is 0 Å². The summed E-state index contributed by atoms with van der Waals surface area (Å²) in [6.07, 6.45) is 5.28. The molecule has 3 aliphatic rings. The summed E-state index contributed by atoms with van der Waals surface area (Å²) in [7, 11) is -2.93. The fraction of sp³-hybridized carbons (Fsp3) is 0.929. The van der Waals surface area contributed by atoms with Crippen molar-refractivity contribution in [2.75, 3.05) is 31.1 Å². The van der Waals surface area contributed by atoms with Crippen LogP contribution in [0.3, 0.4) is 0 Å². The smallest absolute Gasteiger partial charge is 0.234 e. The summed E-state index contributed by atoms with van der Waals surface area (Å²) >= 11 is 0. The molecule has 3 heterocycles. The Morgan fingerprint density at radius 2 is 2.10 bits per heavy atom. The van der Waals surface area contributed by atoms with Crippen LogP contribution in [0.4, 0.5) is 0 Å². The highest BCUT2D eigenvalue weighted by Gasteiger charge is 2.35. The number of carbonyl (C=O) groups excluding carboxylic acids is 1. The molecule has 1 amide bonds. The molecule has 3 unspecified atom stereocenters. The molecule has 6 nitrogen and oxygen atoms in total. The minimum Gasteiger partial charge on any atom is -0.351 e. The third-order valence-corrected chi connectivity index (χ3v) is 6.69. The van der Waals surface area contributed by atoms with Gasteiger partial charge in [0.1, 0.15) is 0 Å². The first-order valence-corrected chi connectivity index (χ1v) is 9.83. The Morgan fingerprint density at radius 1 is 1.24 bits per heavy atom. The maximum Gasteiger partial charge on any atom is 0.234 e. The van der Waals surface area contributed by atoms with Gasteiger partial charge in [-0.1, -0.05) is 0 Å². The van der Waals surface area contributed by atoms with Crippen molar-refractivity contribution in [2.45, 2.75) is 50.2 Å². The molecule has 3 atom stereocenters. The summed E-state index contributed by atoms with van der Waals surface area (Å²) in [6.45, 7) is 2.46. The van der Waals surface area contributed by atoms with Crippen molar-refractivity contribution in [1.82, 2.24) is 15.5 Å². The van der Waals surface area contributed by atoms with Crippen molar-refractivity contribution in [3.63, 3.8) is 0 Å². The second-order valence-corrected chi connectivity index (χ2v) is 8.78. The van der Waals surface area contributed by atoms with E-state index in [2.05, 4.69) is 15.5 Å². The SMILES string of the molecule is O=C(CN1CCCC1C1CCCN1)NC1CCS(=O)(=O)C1. The van der Waals surface area contributed by atoms with Crippen LogP contribution >= 0.6 is 0 Å². The molecule has 3 rings (SSSR count). The van der Waals surface area contributed by atoms with Gasteiger partial charge in [-0.25, -0.2) is 8.42 Å². The number of hydrogen-bond acceptors (Lipinski definition) is 5. The first kappa shape index (κ1) is 15.2. The average Bonchev–Trinajstić information content (AvgIpc) is 3.09. The number of carbonyl (C=O) groups is 1. The summed E-state index contributed by atoms with van der Waals surface area (Å²) in [5, 5.41) is 6.43. The number of sulfone groups is 1. The Hall–Kier alpha value is -0.660. The Bertz CT molecular complexity index is 488. The van der Waals surface area contributed by atoms with Crippen LogP contribution in [0.15, 0.2) is 0 Å². The maximum atomic E-state index is 12.2. The molecule has 0 saturated carbocycles. The van der Waals surface area contributed by atoms with Crippen LogP contribution in [0.5, 0.6) is 0 Å². The van der Waals surface area contributed by atoms with E-state index >= 15 is 0 Å². The molecule has 0 aromatic rings. The van der Waals surface area contributed by atoms with Gasteiger partial charge < -0.3 is 10.6 Å². The van der Waals surface area contributed by atoms with Crippen molar-refractivity contribution in [3.05, 3.63) is 0 Å². The molecule has 2 N–H and O–H groups in total. The molecule has 0 spiro atoms. The molecular weight excluding hydrogens is 290 g/mol. The number of hydrogen-bond donors (Lipinski definition) is 2. The van der Waals surface area contributed by atoms with Gasteiger partial charge in [-0.2, -0.15) is 0 Å². The van der Waals surface area contributed by atoms with Crippen LogP contribution < -0.4 is 10.6 Å². The number of likely N-dealkylation sites (tertiary alicyclic amines) is 1. The second kappa shape index (κ2) is 6.22. The van der Waals surface area contributed by atoms with Crippen molar-refractivity contribution in [2.24, 2.45) is 0 Å². The van der Waals surface area contributed by atoms with Crippen molar-refractivity contribution < 1.29 is 13.2 Å². The third kappa shape index (κ3) is 3.76. The number of nitrogens with zero attached hydrogens (tertiary/aromatic N) is 1. The zero-order chi connectivity index (χ0) is 14.9. The summed E-state index contributed by atoms with van der Waals surface area (Å²) in [5.74, 6) is 0.282. The van der Waals surface area contributed by atoms with Crippen molar-refractivity contribution in [1.29, 1.82) is 0 Å². The molecule has 3 saturated heterocycles. The average molecular weight is 315 g/mol. The lowest BCUT2D eigenvalue weighted by atomic mass is 10.0. The maximum absolute atomic E-state index is 12.2. The number of amides is 1. The van der Waals surface area contributed by atoms with Gasteiger partial charge in [0.25, 0.3) is 0 Å². The van der Waals surface area contributed by atoms with E-state index in [0.29, 0.717) is 25.0 Å². The van der Waals surface area contributed by atoms with E-state index in [1.54, 1.807) is 0 Å². The first-order chi connectivity index (χ1) is 10.0. The van der Waals surface area contributed by atoms with Gasteiger partial charge in [0.15, 0.2) is 9.84 Å². The summed E-state index contributed by atoms with van der Waals surface area (Å²) < 4.78 is 22.8. The molecule has 0 aromatic heterocycles. The Labute approximate surface area is 126 Å². The van der Waals surface area contributed by atoms with Crippen LogP contribution in [0, 0.1) is 0 Å². The molecular formula is C14H25N3O3S. The van der Waals surface area contributed by atoms with E-state index in [1.807, 2.05) is 0 Å². The van der Waals surface area contributed by atoms with Crippen molar-refractivity contribution in [3.8, 4) is 0 Å². The summed E-state index contributed by atoms with van der Waals surface area (Å²) in [5.41, 5.74) is 0. The topological polar surface area (TPSA) is 78.5 Å². The predicted octanol–water partition coefficient (Wildman–Crippen LogP) is -0.494. The van der Waals surface area contributed by atoms with E-state index in [4.69, 9.17) is 0 Å². The second-order valence-electron chi connectivity index (χ2n) is 6.55. The summed E-state index contributed by atoms with van der Waals surface area (Å²) in [4.78, 5) is 14.4. The van der Waals surface area contributed by atoms with Gasteiger partial charge in [-0.05, 0) is 45.2 Å². The normalized spacial score (nSPS) is 36.1. The number of rotatable bonds is 4. The Kier molecular flexibility index (Phi) is 4.51. The lowest BCUT2D eigenvalue weighted by Crippen LogP contribution is -2.49. The molecule has 0 radical (unpaired) electrons. The number of nitrogens with one attached hydrogen (secondary N) is 2. The molecule has 0 aliphatic carbocycles. The molecule has 120 valence electrons. The van der Waals surface area contributed by atoms with Crippen LogP contribution in [-0.4, -0.2) is 68.5 Å². The fourth-order valence-corrected chi connectivity index (χ4v) is 5.58. The van der Waals surface area contributed by atoms with E-state index < -0.39 is 9.84 Å². The molecule has 7 heteroatoms. The molecule has 0 bridgehead atoms. The third-order valence-electron chi connectivity index (χ3n) is 4.92.